The van der Waals surface area contributed by atoms with E-state index in [0.29, 0.717) is 29.0 Å². The number of pyridine rings is 2. The highest BCUT2D eigenvalue weighted by molar-refractivity contribution is 5.30. The van der Waals surface area contributed by atoms with Crippen LogP contribution in [0.2, 0.25) is 0 Å². The predicted octanol–water partition coefficient (Wildman–Crippen LogP) is 9.71. The third kappa shape index (κ3) is 12.5. The first-order chi connectivity index (χ1) is 17.1. The van der Waals surface area contributed by atoms with Gasteiger partial charge in [0.25, 0.3) is 0 Å². The van der Waals surface area contributed by atoms with E-state index < -0.39 is 11.7 Å². The van der Waals surface area contributed by atoms with Crippen molar-refractivity contribution in [3.8, 4) is 5.75 Å². The van der Waals surface area contributed by atoms with Gasteiger partial charge in [0.2, 0.25) is 0 Å². The van der Waals surface area contributed by atoms with Crippen LogP contribution in [0.25, 0.3) is 0 Å². The summed E-state index contributed by atoms with van der Waals surface area (Å²) in [5.74, 6) is 1.17. The molecule has 0 bridgehead atoms. The van der Waals surface area contributed by atoms with E-state index in [1.807, 2.05) is 26.1 Å². The second-order valence-corrected chi connectivity index (χ2v) is 10.1. The van der Waals surface area contributed by atoms with Crippen molar-refractivity contribution in [2.45, 2.75) is 87.2 Å². The van der Waals surface area contributed by atoms with Crippen LogP contribution in [0, 0.1) is 25.6 Å². The summed E-state index contributed by atoms with van der Waals surface area (Å²) in [6, 6.07) is 11.3. The first kappa shape index (κ1) is 35.0. The Bertz CT molecular complexity index is 1110. The van der Waals surface area contributed by atoms with Gasteiger partial charge in [-0.2, -0.15) is 13.2 Å². The van der Waals surface area contributed by atoms with Gasteiger partial charge in [-0.1, -0.05) is 55.0 Å². The molecular formula is C31H44F4N2O. The molecule has 0 N–H and O–H groups in total. The normalized spacial score (nSPS) is 10.8. The van der Waals surface area contributed by atoms with Crippen molar-refractivity contribution in [2.24, 2.45) is 5.92 Å². The molecule has 2 heterocycles. The molecule has 3 rings (SSSR count). The van der Waals surface area contributed by atoms with Gasteiger partial charge in [0, 0.05) is 23.3 Å². The van der Waals surface area contributed by atoms with Gasteiger partial charge in [-0.3, -0.25) is 9.97 Å². The zero-order valence-electron chi connectivity index (χ0n) is 23.4. The number of benzene rings is 1. The Balaban J connectivity index is 0.000000540. The highest BCUT2D eigenvalue weighted by Gasteiger charge is 2.31. The van der Waals surface area contributed by atoms with Crippen molar-refractivity contribution in [1.29, 1.82) is 0 Å². The van der Waals surface area contributed by atoms with Crippen LogP contribution in [0.4, 0.5) is 17.6 Å². The maximum Gasteiger partial charge on any atom is 0.416 e. The maximum atomic E-state index is 13.0. The van der Waals surface area contributed by atoms with Crippen LogP contribution in [0.5, 0.6) is 5.75 Å². The highest BCUT2D eigenvalue weighted by atomic mass is 19.4. The van der Waals surface area contributed by atoms with Crippen LogP contribution in [-0.2, 0) is 12.6 Å². The largest absolute Gasteiger partial charge is 0.494 e. The Morgan fingerprint density at radius 3 is 1.89 bits per heavy atom. The van der Waals surface area contributed by atoms with E-state index in [-0.39, 0.29) is 19.2 Å². The number of methoxy groups -OCH3 is 1. The molecule has 0 radical (unpaired) electrons. The lowest BCUT2D eigenvalue weighted by molar-refractivity contribution is -0.137. The van der Waals surface area contributed by atoms with E-state index in [1.54, 1.807) is 19.1 Å². The lowest BCUT2D eigenvalue weighted by atomic mass is 10.0. The molecule has 0 unspecified atom stereocenters. The van der Waals surface area contributed by atoms with Crippen molar-refractivity contribution < 1.29 is 22.3 Å². The molecule has 0 aliphatic heterocycles. The molecule has 0 aliphatic rings. The van der Waals surface area contributed by atoms with Crippen LogP contribution in [0.1, 0.15) is 94.6 Å². The molecule has 0 amide bonds. The Kier molecular flexibility index (Phi) is 14.8. The Morgan fingerprint density at radius 2 is 1.45 bits per heavy atom. The lowest BCUT2D eigenvalue weighted by Gasteiger charge is -2.11. The molecule has 0 saturated carbocycles. The number of hydrogen-bond acceptors (Lipinski definition) is 3. The summed E-state index contributed by atoms with van der Waals surface area (Å²) < 4.78 is 55.0. The van der Waals surface area contributed by atoms with Crippen LogP contribution >= 0.6 is 0 Å². The average Bonchev–Trinajstić information content (AvgIpc) is 2.80. The summed E-state index contributed by atoms with van der Waals surface area (Å²) in [7, 11) is 1.48. The van der Waals surface area contributed by atoms with E-state index in [9.17, 15) is 17.6 Å². The Labute approximate surface area is 226 Å². The number of hydrogen-bond donors (Lipinski definition) is 0. The van der Waals surface area contributed by atoms with Crippen molar-refractivity contribution in [2.75, 3.05) is 7.11 Å². The van der Waals surface area contributed by atoms with E-state index in [4.69, 9.17) is 4.74 Å². The highest BCUT2D eigenvalue weighted by Crippen LogP contribution is 2.31. The summed E-state index contributed by atoms with van der Waals surface area (Å²) in [6.07, 6.45) is -1.46. The molecule has 2 aromatic heterocycles. The molecule has 0 atom stereocenters. The number of nitrogens with zero attached hydrogens (tertiary/aromatic N) is 2. The van der Waals surface area contributed by atoms with Gasteiger partial charge in [-0.15, -0.1) is 0 Å². The van der Waals surface area contributed by atoms with Crippen molar-refractivity contribution in [3.63, 3.8) is 0 Å². The third-order valence-electron chi connectivity index (χ3n) is 5.28. The molecule has 0 fully saturated rings. The van der Waals surface area contributed by atoms with Crippen LogP contribution in [0.15, 0.2) is 48.7 Å². The zero-order chi connectivity index (χ0) is 28.3. The number of ether oxygens (including phenoxy) is 1. The van der Waals surface area contributed by atoms with E-state index in [1.165, 1.54) is 24.4 Å². The standard InChI is InChI=1S/C11H15FO.C10H12F3N.C9H13N.CH4/c1-8(2)6-9-4-5-10(12)11(7-9)13-3;1-6(2)9-5-8(10(11,12)13)4-7(3)14-9;1-7(2)9-6-8(3)4-5-10-9;/h4-5,7-8H,6H2,1-3H3;4-6H,1-3H3;4-7H,1-3H3;1H4. The molecular weight excluding hydrogens is 492 g/mol. The number of rotatable bonds is 5. The summed E-state index contributed by atoms with van der Waals surface area (Å²) in [6.45, 7) is 15.9. The van der Waals surface area contributed by atoms with Gasteiger partial charge in [-0.05, 0) is 85.5 Å². The minimum Gasteiger partial charge on any atom is -0.494 e. The van der Waals surface area contributed by atoms with Crippen molar-refractivity contribution in [1.82, 2.24) is 9.97 Å². The number of aryl methyl sites for hydroxylation is 2. The smallest absolute Gasteiger partial charge is 0.416 e. The molecule has 0 aliphatic carbocycles. The van der Waals surface area contributed by atoms with Gasteiger partial charge in [0.05, 0.1) is 12.7 Å². The summed E-state index contributed by atoms with van der Waals surface area (Å²) in [5.41, 5.74) is 3.86. The molecule has 1 aromatic carbocycles. The first-order valence-corrected chi connectivity index (χ1v) is 12.4. The topological polar surface area (TPSA) is 35.0 Å². The molecule has 212 valence electrons. The van der Waals surface area contributed by atoms with Crippen molar-refractivity contribution in [3.05, 3.63) is 88.3 Å². The Hall–Kier alpha value is -2.96. The molecule has 7 heteroatoms. The molecule has 38 heavy (non-hydrogen) atoms. The SMILES string of the molecule is C.COc1cc(CC(C)C)ccc1F.Cc1cc(C(F)(F)F)cc(C(C)C)n1.Cc1ccnc(C(C)C)c1. The van der Waals surface area contributed by atoms with Crippen molar-refractivity contribution >= 4 is 0 Å². The number of aromatic nitrogens is 2. The fourth-order valence-electron chi connectivity index (χ4n) is 3.33. The average molecular weight is 537 g/mol. The monoisotopic (exact) mass is 536 g/mol. The van der Waals surface area contributed by atoms with Crippen LogP contribution < -0.4 is 4.74 Å². The second kappa shape index (κ2) is 16.1. The summed E-state index contributed by atoms with van der Waals surface area (Å²) in [4.78, 5) is 8.29. The third-order valence-corrected chi connectivity index (χ3v) is 5.28. The second-order valence-electron chi connectivity index (χ2n) is 10.1. The van der Waals surface area contributed by atoms with Gasteiger partial charge in [-0.25, -0.2) is 4.39 Å². The van der Waals surface area contributed by atoms with Gasteiger partial charge in [0.15, 0.2) is 11.6 Å². The molecule has 3 nitrogen and oxygen atoms in total. The fraction of sp³-hybridized carbons (Fsp3) is 0.484. The van der Waals surface area contributed by atoms with Gasteiger partial charge < -0.3 is 4.74 Å². The zero-order valence-corrected chi connectivity index (χ0v) is 23.4. The number of alkyl halides is 3. The summed E-state index contributed by atoms with van der Waals surface area (Å²) in [5, 5.41) is 0. The first-order valence-electron chi connectivity index (χ1n) is 12.4. The number of halogens is 4. The maximum absolute atomic E-state index is 13.0. The minimum atomic E-state index is -4.28. The lowest BCUT2D eigenvalue weighted by Crippen LogP contribution is -2.08. The van der Waals surface area contributed by atoms with Gasteiger partial charge >= 0.3 is 6.18 Å². The van der Waals surface area contributed by atoms with Crippen LogP contribution in [0.3, 0.4) is 0 Å². The summed E-state index contributed by atoms with van der Waals surface area (Å²) >= 11 is 0. The molecule has 0 saturated heterocycles. The molecule has 0 spiro atoms. The van der Waals surface area contributed by atoms with E-state index in [0.717, 1.165) is 24.1 Å². The van der Waals surface area contributed by atoms with Crippen LogP contribution in [-0.4, -0.2) is 17.1 Å². The predicted molar refractivity (Wildman–Crippen MR) is 149 cm³/mol. The Morgan fingerprint density at radius 1 is 0.842 bits per heavy atom. The van der Waals surface area contributed by atoms with Gasteiger partial charge in [0.1, 0.15) is 0 Å². The quantitative estimate of drug-likeness (QED) is 0.304. The van der Waals surface area contributed by atoms with E-state index in [2.05, 4.69) is 50.7 Å². The fourth-order valence-corrected chi connectivity index (χ4v) is 3.33. The molecule has 3 aromatic rings. The minimum absolute atomic E-state index is 0. The van der Waals surface area contributed by atoms with E-state index >= 15 is 0 Å².